The Morgan fingerprint density at radius 2 is 2.00 bits per heavy atom. The molecule has 0 aliphatic rings. The lowest BCUT2D eigenvalue weighted by molar-refractivity contribution is 0.0931. The molecule has 0 aliphatic carbocycles. The van der Waals surface area contributed by atoms with Crippen LogP contribution in [0.1, 0.15) is 16.3 Å². The van der Waals surface area contributed by atoms with E-state index in [-0.39, 0.29) is 11.7 Å². The van der Waals surface area contributed by atoms with Crippen molar-refractivity contribution in [3.8, 4) is 5.75 Å². The van der Waals surface area contributed by atoms with Gasteiger partial charge in [-0.05, 0) is 36.4 Å². The van der Waals surface area contributed by atoms with E-state index >= 15 is 0 Å². The number of carbonyl (C=O) groups excluding carboxylic acids is 1. The largest absolute Gasteiger partial charge is 0.486 e. The summed E-state index contributed by atoms with van der Waals surface area (Å²) in [6.07, 6.45) is 0. The highest BCUT2D eigenvalue weighted by atomic mass is 79.9. The number of amides is 1. The smallest absolute Gasteiger partial charge is 0.286 e. The first kappa shape index (κ1) is 12.7. The summed E-state index contributed by atoms with van der Waals surface area (Å²) in [6.45, 7) is 0.290. The van der Waals surface area contributed by atoms with Gasteiger partial charge in [-0.3, -0.25) is 4.79 Å². The van der Waals surface area contributed by atoms with E-state index in [0.29, 0.717) is 12.4 Å². The fourth-order valence-electron chi connectivity index (χ4n) is 1.39. The number of rotatable bonds is 4. The average molecular weight is 310 g/mol. The Morgan fingerprint density at radius 3 is 2.67 bits per heavy atom. The summed E-state index contributed by atoms with van der Waals surface area (Å²) in [6, 6.07) is 10.8. The summed E-state index contributed by atoms with van der Waals surface area (Å²) in [5.74, 6) is 1.39. The lowest BCUT2D eigenvalue weighted by Gasteiger charge is -2.03. The standard InChI is InChI=1S/C13H12BrNO3/c1-15-13(16)12-7-6-11(18-12)8-17-10-4-2-9(14)3-5-10/h2-7H,8H2,1H3,(H,15,16). The number of benzene rings is 1. The zero-order valence-corrected chi connectivity index (χ0v) is 11.4. The molecule has 1 aromatic heterocycles. The van der Waals surface area contributed by atoms with E-state index in [4.69, 9.17) is 9.15 Å². The first-order valence-corrected chi connectivity index (χ1v) is 6.17. The minimum Gasteiger partial charge on any atom is -0.486 e. The van der Waals surface area contributed by atoms with Crippen molar-refractivity contribution in [2.75, 3.05) is 7.05 Å². The molecule has 1 aromatic carbocycles. The molecule has 0 unspecified atom stereocenters. The number of hydrogen-bond donors (Lipinski definition) is 1. The average Bonchev–Trinajstić information content (AvgIpc) is 2.86. The number of nitrogens with one attached hydrogen (secondary N) is 1. The summed E-state index contributed by atoms with van der Waals surface area (Å²) < 4.78 is 11.9. The molecule has 0 saturated heterocycles. The molecule has 0 aliphatic heterocycles. The molecule has 18 heavy (non-hydrogen) atoms. The molecule has 0 radical (unpaired) electrons. The van der Waals surface area contributed by atoms with Gasteiger partial charge in [-0.1, -0.05) is 15.9 Å². The Kier molecular flexibility index (Phi) is 4.04. The van der Waals surface area contributed by atoms with Crippen molar-refractivity contribution in [2.45, 2.75) is 6.61 Å². The Bertz CT molecular complexity index is 533. The Morgan fingerprint density at radius 1 is 1.28 bits per heavy atom. The number of halogens is 1. The highest BCUT2D eigenvalue weighted by Crippen LogP contribution is 2.18. The normalized spacial score (nSPS) is 10.1. The van der Waals surface area contributed by atoms with E-state index in [9.17, 15) is 4.79 Å². The second-order valence-corrected chi connectivity index (χ2v) is 4.50. The summed E-state index contributed by atoms with van der Waals surface area (Å²) in [4.78, 5) is 11.3. The highest BCUT2D eigenvalue weighted by molar-refractivity contribution is 9.10. The van der Waals surface area contributed by atoms with Crippen molar-refractivity contribution in [2.24, 2.45) is 0 Å². The topological polar surface area (TPSA) is 51.5 Å². The van der Waals surface area contributed by atoms with Gasteiger partial charge in [0, 0.05) is 11.5 Å². The predicted molar refractivity (Wildman–Crippen MR) is 70.6 cm³/mol. The second-order valence-electron chi connectivity index (χ2n) is 3.59. The zero-order valence-electron chi connectivity index (χ0n) is 9.77. The van der Waals surface area contributed by atoms with Gasteiger partial charge in [0.25, 0.3) is 5.91 Å². The van der Waals surface area contributed by atoms with Gasteiger partial charge < -0.3 is 14.5 Å². The molecule has 94 valence electrons. The van der Waals surface area contributed by atoms with Gasteiger partial charge in [0.15, 0.2) is 5.76 Å². The fourth-order valence-corrected chi connectivity index (χ4v) is 1.65. The summed E-state index contributed by atoms with van der Waals surface area (Å²) in [7, 11) is 1.56. The van der Waals surface area contributed by atoms with Crippen molar-refractivity contribution in [1.29, 1.82) is 0 Å². The summed E-state index contributed by atoms with van der Waals surface area (Å²) in [5.41, 5.74) is 0. The maximum absolute atomic E-state index is 11.3. The summed E-state index contributed by atoms with van der Waals surface area (Å²) >= 11 is 3.35. The van der Waals surface area contributed by atoms with Gasteiger partial charge >= 0.3 is 0 Å². The SMILES string of the molecule is CNC(=O)c1ccc(COc2ccc(Br)cc2)o1. The van der Waals surface area contributed by atoms with Crippen LogP contribution in [0.2, 0.25) is 0 Å². The van der Waals surface area contributed by atoms with Crippen LogP contribution in [0.3, 0.4) is 0 Å². The molecule has 0 atom stereocenters. The molecular weight excluding hydrogens is 298 g/mol. The van der Waals surface area contributed by atoms with Gasteiger partial charge in [0.2, 0.25) is 0 Å². The monoisotopic (exact) mass is 309 g/mol. The van der Waals surface area contributed by atoms with Crippen molar-refractivity contribution in [1.82, 2.24) is 5.32 Å². The number of ether oxygens (including phenoxy) is 1. The van der Waals surface area contributed by atoms with Crippen LogP contribution in [0, 0.1) is 0 Å². The molecule has 2 rings (SSSR count). The van der Waals surface area contributed by atoms with Gasteiger partial charge in [-0.25, -0.2) is 0 Å². The second kappa shape index (κ2) is 5.73. The van der Waals surface area contributed by atoms with E-state index in [1.165, 1.54) is 0 Å². The first-order valence-electron chi connectivity index (χ1n) is 5.38. The van der Waals surface area contributed by atoms with Crippen molar-refractivity contribution in [3.63, 3.8) is 0 Å². The van der Waals surface area contributed by atoms with Gasteiger partial charge in [0.05, 0.1) is 0 Å². The first-order chi connectivity index (χ1) is 8.69. The summed E-state index contributed by atoms with van der Waals surface area (Å²) in [5, 5.41) is 2.50. The van der Waals surface area contributed by atoms with Crippen molar-refractivity contribution in [3.05, 3.63) is 52.4 Å². The highest BCUT2D eigenvalue weighted by Gasteiger charge is 2.09. The Hall–Kier alpha value is -1.75. The van der Waals surface area contributed by atoms with Gasteiger partial charge in [-0.2, -0.15) is 0 Å². The number of carbonyl (C=O) groups is 1. The molecule has 0 saturated carbocycles. The van der Waals surface area contributed by atoms with Crippen molar-refractivity contribution >= 4 is 21.8 Å². The third-order valence-corrected chi connectivity index (χ3v) is 2.84. The molecular formula is C13H12BrNO3. The van der Waals surface area contributed by atoms with Gasteiger partial charge in [-0.15, -0.1) is 0 Å². The minimum absolute atomic E-state index is 0.245. The van der Waals surface area contributed by atoms with Crippen LogP contribution >= 0.6 is 15.9 Å². The lowest BCUT2D eigenvalue weighted by Crippen LogP contribution is -2.16. The molecule has 0 fully saturated rings. The molecule has 0 bridgehead atoms. The molecule has 2 aromatic rings. The number of hydrogen-bond acceptors (Lipinski definition) is 3. The fraction of sp³-hybridized carbons (Fsp3) is 0.154. The predicted octanol–water partition coefficient (Wildman–Crippen LogP) is 2.98. The molecule has 0 spiro atoms. The van der Waals surface area contributed by atoms with Crippen LogP contribution in [0.5, 0.6) is 5.75 Å². The molecule has 4 nitrogen and oxygen atoms in total. The third kappa shape index (κ3) is 3.13. The molecule has 5 heteroatoms. The maximum Gasteiger partial charge on any atom is 0.286 e. The van der Waals surface area contributed by atoms with Crippen LogP contribution in [0.4, 0.5) is 0 Å². The quantitative estimate of drug-likeness (QED) is 0.944. The van der Waals surface area contributed by atoms with E-state index in [0.717, 1.165) is 10.2 Å². The molecule has 1 N–H and O–H groups in total. The lowest BCUT2D eigenvalue weighted by atomic mass is 10.3. The van der Waals surface area contributed by atoms with Crippen LogP contribution in [-0.2, 0) is 6.61 Å². The minimum atomic E-state index is -0.245. The zero-order chi connectivity index (χ0) is 13.0. The third-order valence-electron chi connectivity index (χ3n) is 2.31. The Balaban J connectivity index is 1.96. The molecule has 1 heterocycles. The van der Waals surface area contributed by atoms with Crippen LogP contribution in [-0.4, -0.2) is 13.0 Å². The van der Waals surface area contributed by atoms with E-state index in [1.54, 1.807) is 19.2 Å². The number of furan rings is 1. The maximum atomic E-state index is 11.3. The van der Waals surface area contributed by atoms with E-state index < -0.39 is 0 Å². The van der Waals surface area contributed by atoms with Gasteiger partial charge in [0.1, 0.15) is 18.1 Å². The molecule has 1 amide bonds. The van der Waals surface area contributed by atoms with Crippen LogP contribution < -0.4 is 10.1 Å². The van der Waals surface area contributed by atoms with E-state index in [2.05, 4.69) is 21.2 Å². The Labute approximate surface area is 113 Å². The van der Waals surface area contributed by atoms with Crippen LogP contribution in [0.15, 0.2) is 45.3 Å². The van der Waals surface area contributed by atoms with E-state index in [1.807, 2.05) is 24.3 Å². The van der Waals surface area contributed by atoms with Crippen molar-refractivity contribution < 1.29 is 13.9 Å². The van der Waals surface area contributed by atoms with Crippen LogP contribution in [0.25, 0.3) is 0 Å².